The van der Waals surface area contributed by atoms with Crippen molar-refractivity contribution in [1.82, 2.24) is 5.32 Å². The van der Waals surface area contributed by atoms with E-state index in [1.165, 1.54) is 6.07 Å². The van der Waals surface area contributed by atoms with Gasteiger partial charge in [0.2, 0.25) is 0 Å². The third kappa shape index (κ3) is 2.72. The summed E-state index contributed by atoms with van der Waals surface area (Å²) in [6, 6.07) is 7.02. The van der Waals surface area contributed by atoms with E-state index in [0.29, 0.717) is 5.58 Å². The van der Waals surface area contributed by atoms with Gasteiger partial charge in [-0.25, -0.2) is 4.39 Å². The molecule has 0 spiro atoms. The maximum Gasteiger partial charge on any atom is 0.169 e. The second-order valence-electron chi connectivity index (χ2n) is 5.29. The molecule has 0 radical (unpaired) electrons. The fraction of sp³-hybridized carbons (Fsp3) is 0.500. The Labute approximate surface area is 118 Å². The topological polar surface area (TPSA) is 34.4 Å². The van der Waals surface area contributed by atoms with Crippen LogP contribution in [-0.2, 0) is 4.74 Å². The van der Waals surface area contributed by atoms with Crippen LogP contribution in [0.5, 0.6) is 0 Å². The molecule has 1 aliphatic heterocycles. The van der Waals surface area contributed by atoms with Crippen molar-refractivity contribution in [3.63, 3.8) is 0 Å². The first-order valence-electron chi connectivity index (χ1n) is 7.31. The number of rotatable bonds is 5. The van der Waals surface area contributed by atoms with Crippen molar-refractivity contribution >= 4 is 11.0 Å². The Balaban J connectivity index is 1.86. The van der Waals surface area contributed by atoms with Crippen LogP contribution in [0.3, 0.4) is 0 Å². The molecule has 2 heterocycles. The molecule has 108 valence electrons. The van der Waals surface area contributed by atoms with Gasteiger partial charge in [0.15, 0.2) is 11.4 Å². The summed E-state index contributed by atoms with van der Waals surface area (Å²) in [6.45, 7) is 3.75. The Morgan fingerprint density at radius 1 is 1.45 bits per heavy atom. The molecule has 1 aliphatic rings. The van der Waals surface area contributed by atoms with Gasteiger partial charge in [0.1, 0.15) is 5.76 Å². The smallest absolute Gasteiger partial charge is 0.169 e. The summed E-state index contributed by atoms with van der Waals surface area (Å²) >= 11 is 0. The van der Waals surface area contributed by atoms with Crippen LogP contribution in [-0.4, -0.2) is 19.3 Å². The van der Waals surface area contributed by atoms with E-state index in [9.17, 15) is 4.39 Å². The second-order valence-corrected chi connectivity index (χ2v) is 5.29. The maximum absolute atomic E-state index is 13.7. The lowest BCUT2D eigenvalue weighted by Crippen LogP contribution is -2.24. The van der Waals surface area contributed by atoms with Gasteiger partial charge in [-0.05, 0) is 37.9 Å². The minimum Gasteiger partial charge on any atom is -0.456 e. The van der Waals surface area contributed by atoms with Gasteiger partial charge in [0.25, 0.3) is 0 Å². The van der Waals surface area contributed by atoms with E-state index in [1.54, 1.807) is 6.07 Å². The number of ether oxygens (including phenoxy) is 1. The number of nitrogens with one attached hydrogen (secondary N) is 1. The summed E-state index contributed by atoms with van der Waals surface area (Å²) < 4.78 is 25.1. The summed E-state index contributed by atoms with van der Waals surface area (Å²) in [7, 11) is 0. The van der Waals surface area contributed by atoms with Crippen molar-refractivity contribution in [2.45, 2.75) is 38.3 Å². The van der Waals surface area contributed by atoms with Crippen LogP contribution in [0.1, 0.15) is 38.0 Å². The van der Waals surface area contributed by atoms with Crippen molar-refractivity contribution < 1.29 is 13.5 Å². The molecule has 2 aromatic rings. The number of para-hydroxylation sites is 1. The van der Waals surface area contributed by atoms with Crippen LogP contribution in [0, 0.1) is 5.82 Å². The number of hydrogen-bond acceptors (Lipinski definition) is 3. The number of fused-ring (bicyclic) bond motifs is 1. The lowest BCUT2D eigenvalue weighted by Gasteiger charge is -2.19. The van der Waals surface area contributed by atoms with Crippen LogP contribution in [0.25, 0.3) is 11.0 Å². The van der Waals surface area contributed by atoms with Crippen molar-refractivity contribution in [2.24, 2.45) is 0 Å². The first-order valence-corrected chi connectivity index (χ1v) is 7.31. The summed E-state index contributed by atoms with van der Waals surface area (Å²) in [6.07, 6.45) is 3.36. The maximum atomic E-state index is 13.7. The molecular weight excluding hydrogens is 257 g/mol. The highest BCUT2D eigenvalue weighted by Crippen LogP contribution is 2.30. The third-order valence-electron chi connectivity index (χ3n) is 3.83. The first kappa shape index (κ1) is 13.6. The highest BCUT2D eigenvalue weighted by molar-refractivity contribution is 5.78. The number of halogens is 1. The summed E-state index contributed by atoms with van der Waals surface area (Å²) in [5.74, 6) is 0.489. The van der Waals surface area contributed by atoms with Gasteiger partial charge in [-0.1, -0.05) is 19.1 Å². The van der Waals surface area contributed by atoms with Crippen molar-refractivity contribution in [3.05, 3.63) is 35.8 Å². The van der Waals surface area contributed by atoms with E-state index >= 15 is 0 Å². The van der Waals surface area contributed by atoms with Crippen LogP contribution >= 0.6 is 0 Å². The van der Waals surface area contributed by atoms with Gasteiger partial charge in [-0.3, -0.25) is 0 Å². The zero-order valence-electron chi connectivity index (χ0n) is 11.7. The molecule has 20 heavy (non-hydrogen) atoms. The molecule has 0 aliphatic carbocycles. The summed E-state index contributed by atoms with van der Waals surface area (Å²) in [5.41, 5.74) is 0.345. The quantitative estimate of drug-likeness (QED) is 0.903. The van der Waals surface area contributed by atoms with E-state index in [2.05, 4.69) is 12.2 Å². The predicted molar refractivity (Wildman–Crippen MR) is 76.2 cm³/mol. The number of benzene rings is 1. The Morgan fingerprint density at radius 3 is 3.05 bits per heavy atom. The van der Waals surface area contributed by atoms with E-state index in [0.717, 1.165) is 43.6 Å². The van der Waals surface area contributed by atoms with Crippen LogP contribution in [0.4, 0.5) is 4.39 Å². The predicted octanol–water partition coefficient (Wildman–Crippen LogP) is 3.79. The number of furan rings is 1. The van der Waals surface area contributed by atoms with Gasteiger partial charge < -0.3 is 14.5 Å². The Morgan fingerprint density at radius 2 is 2.35 bits per heavy atom. The molecule has 1 aromatic carbocycles. The molecule has 1 N–H and O–H groups in total. The lowest BCUT2D eigenvalue weighted by atomic mass is 10.0. The molecule has 4 heteroatoms. The van der Waals surface area contributed by atoms with E-state index in [4.69, 9.17) is 9.15 Å². The Hall–Kier alpha value is -1.39. The minimum absolute atomic E-state index is 0.0786. The van der Waals surface area contributed by atoms with Gasteiger partial charge in [0, 0.05) is 12.0 Å². The lowest BCUT2D eigenvalue weighted by molar-refractivity contribution is 0.0924. The highest BCUT2D eigenvalue weighted by atomic mass is 19.1. The van der Waals surface area contributed by atoms with Crippen molar-refractivity contribution in [1.29, 1.82) is 0 Å². The third-order valence-corrected chi connectivity index (χ3v) is 3.83. The standard InChI is InChI=1S/C16H20FNO2/c1-2-18-14(10-12-6-4-8-19-12)15-9-11-5-3-7-13(17)16(11)20-15/h3,5,7,9,12,14,18H,2,4,6,8,10H2,1H3. The fourth-order valence-corrected chi connectivity index (χ4v) is 2.86. The SMILES string of the molecule is CCNC(CC1CCCO1)c1cc2cccc(F)c2o1. The monoisotopic (exact) mass is 277 g/mol. The van der Waals surface area contributed by atoms with Crippen molar-refractivity contribution in [3.8, 4) is 0 Å². The van der Waals surface area contributed by atoms with Gasteiger partial charge >= 0.3 is 0 Å². The summed E-state index contributed by atoms with van der Waals surface area (Å²) in [4.78, 5) is 0. The zero-order chi connectivity index (χ0) is 13.9. The molecule has 0 saturated carbocycles. The molecule has 3 nitrogen and oxygen atoms in total. The van der Waals surface area contributed by atoms with E-state index < -0.39 is 0 Å². The molecule has 2 atom stereocenters. The molecule has 3 rings (SSSR count). The van der Waals surface area contributed by atoms with E-state index in [-0.39, 0.29) is 18.0 Å². The van der Waals surface area contributed by atoms with Crippen molar-refractivity contribution in [2.75, 3.05) is 13.2 Å². The van der Waals surface area contributed by atoms with Crippen LogP contribution in [0.2, 0.25) is 0 Å². The second kappa shape index (κ2) is 5.94. The summed E-state index contributed by atoms with van der Waals surface area (Å²) in [5, 5.41) is 4.23. The van der Waals surface area contributed by atoms with Crippen LogP contribution in [0.15, 0.2) is 28.7 Å². The Bertz CT molecular complexity index is 575. The van der Waals surface area contributed by atoms with Gasteiger partial charge in [-0.15, -0.1) is 0 Å². The van der Waals surface area contributed by atoms with Gasteiger partial charge in [-0.2, -0.15) is 0 Å². The van der Waals surface area contributed by atoms with E-state index in [1.807, 2.05) is 12.1 Å². The highest BCUT2D eigenvalue weighted by Gasteiger charge is 2.24. The average molecular weight is 277 g/mol. The molecule has 1 saturated heterocycles. The molecule has 0 amide bonds. The van der Waals surface area contributed by atoms with Crippen LogP contribution < -0.4 is 5.32 Å². The minimum atomic E-state index is -0.305. The molecule has 0 bridgehead atoms. The zero-order valence-corrected chi connectivity index (χ0v) is 11.7. The normalized spacial score (nSPS) is 20.6. The Kier molecular flexibility index (Phi) is 4.03. The fourth-order valence-electron chi connectivity index (χ4n) is 2.86. The van der Waals surface area contributed by atoms with Gasteiger partial charge in [0.05, 0.1) is 12.1 Å². The molecule has 1 fully saturated rings. The molecule has 2 unspecified atom stereocenters. The average Bonchev–Trinajstić information content (AvgIpc) is 3.07. The number of hydrogen-bond donors (Lipinski definition) is 1. The first-order chi connectivity index (χ1) is 9.78. The molecular formula is C16H20FNO2. The largest absolute Gasteiger partial charge is 0.456 e. The molecule has 1 aromatic heterocycles.